The molecule has 152 valence electrons. The predicted octanol–water partition coefficient (Wildman–Crippen LogP) is 3.15. The molecular weight excluding hydrogens is 436 g/mol. The van der Waals surface area contributed by atoms with Crippen molar-refractivity contribution in [1.82, 2.24) is 5.32 Å². The highest BCUT2D eigenvalue weighted by atomic mass is 79.9. The Morgan fingerprint density at radius 1 is 1.24 bits per heavy atom. The molecule has 1 fully saturated rings. The van der Waals surface area contributed by atoms with Crippen molar-refractivity contribution in [3.63, 3.8) is 0 Å². The van der Waals surface area contributed by atoms with Crippen molar-refractivity contribution in [1.29, 1.82) is 0 Å². The van der Waals surface area contributed by atoms with Crippen molar-refractivity contribution >= 4 is 34.0 Å². The summed E-state index contributed by atoms with van der Waals surface area (Å²) in [6, 6.07) is 13.0. The number of benzene rings is 2. The van der Waals surface area contributed by atoms with Crippen LogP contribution in [0, 0.1) is 0 Å². The SMILES string of the molecule is COC(=O)c1ccc(CNC(=O)[C@H]2CCC[N+]2=Cc2cccc(Br)c2)cc1OC. The normalized spacial score (nSPS) is 17.2. The largest absolute Gasteiger partial charge is 0.496 e. The third-order valence-electron chi connectivity index (χ3n) is 4.90. The summed E-state index contributed by atoms with van der Waals surface area (Å²) in [6.45, 7) is 1.21. The van der Waals surface area contributed by atoms with E-state index in [1.165, 1.54) is 14.2 Å². The Balaban J connectivity index is 1.68. The standard InChI is InChI=1S/C22H23BrN2O4/c1-28-20-12-15(8-9-18(20)22(27)29-2)13-24-21(26)19-7-4-10-25(19)14-16-5-3-6-17(23)11-16/h3,5-6,8-9,11-12,14,19H,4,7,10,13H2,1-2H3/p+1/t19-/m1/s1. The molecule has 2 aromatic carbocycles. The molecule has 6 nitrogen and oxygen atoms in total. The molecule has 1 amide bonds. The number of halogens is 1. The van der Waals surface area contributed by atoms with Gasteiger partial charge >= 0.3 is 5.97 Å². The fraction of sp³-hybridized carbons (Fsp3) is 0.318. The Morgan fingerprint density at radius 3 is 2.79 bits per heavy atom. The molecule has 1 aliphatic rings. The Labute approximate surface area is 178 Å². The fourth-order valence-electron chi connectivity index (χ4n) is 3.43. The zero-order valence-electron chi connectivity index (χ0n) is 16.5. The van der Waals surface area contributed by atoms with Crippen LogP contribution < -0.4 is 10.1 Å². The van der Waals surface area contributed by atoms with Crippen molar-refractivity contribution in [3.05, 3.63) is 63.6 Å². The molecule has 0 spiro atoms. The molecule has 7 heteroatoms. The average Bonchev–Trinajstić information content (AvgIpc) is 3.19. The van der Waals surface area contributed by atoms with Gasteiger partial charge in [-0.2, -0.15) is 0 Å². The van der Waals surface area contributed by atoms with Crippen LogP contribution in [0.5, 0.6) is 5.75 Å². The van der Waals surface area contributed by atoms with Crippen molar-refractivity contribution in [3.8, 4) is 5.75 Å². The second-order valence-corrected chi connectivity index (χ2v) is 7.74. The van der Waals surface area contributed by atoms with E-state index in [1.54, 1.807) is 18.2 Å². The lowest BCUT2D eigenvalue weighted by Gasteiger charge is -2.12. The Morgan fingerprint density at radius 2 is 2.07 bits per heavy atom. The summed E-state index contributed by atoms with van der Waals surface area (Å²) < 4.78 is 13.1. The van der Waals surface area contributed by atoms with E-state index in [0.717, 1.165) is 35.0 Å². The van der Waals surface area contributed by atoms with E-state index in [2.05, 4.69) is 25.8 Å². The van der Waals surface area contributed by atoms with Gasteiger partial charge in [-0.25, -0.2) is 9.37 Å². The maximum atomic E-state index is 12.8. The van der Waals surface area contributed by atoms with Gasteiger partial charge in [0.2, 0.25) is 6.04 Å². The topological polar surface area (TPSA) is 67.6 Å². The summed E-state index contributed by atoms with van der Waals surface area (Å²) >= 11 is 3.48. The summed E-state index contributed by atoms with van der Waals surface area (Å²) in [5, 5.41) is 3.00. The van der Waals surface area contributed by atoms with E-state index in [-0.39, 0.29) is 11.9 Å². The lowest BCUT2D eigenvalue weighted by molar-refractivity contribution is -0.525. The van der Waals surface area contributed by atoms with Crippen LogP contribution in [0.4, 0.5) is 0 Å². The van der Waals surface area contributed by atoms with Gasteiger partial charge in [0.1, 0.15) is 17.9 Å². The van der Waals surface area contributed by atoms with E-state index in [0.29, 0.717) is 17.9 Å². The van der Waals surface area contributed by atoms with E-state index >= 15 is 0 Å². The monoisotopic (exact) mass is 459 g/mol. The van der Waals surface area contributed by atoms with Crippen molar-refractivity contribution in [2.45, 2.75) is 25.4 Å². The van der Waals surface area contributed by atoms with Gasteiger partial charge in [-0.1, -0.05) is 28.1 Å². The Kier molecular flexibility index (Phi) is 7.04. The highest BCUT2D eigenvalue weighted by Crippen LogP contribution is 2.21. The highest BCUT2D eigenvalue weighted by Gasteiger charge is 2.34. The number of hydrogen-bond acceptors (Lipinski definition) is 4. The molecule has 3 rings (SSSR count). The summed E-state index contributed by atoms with van der Waals surface area (Å²) in [6.07, 6.45) is 3.83. The van der Waals surface area contributed by atoms with Gasteiger partial charge in [-0.3, -0.25) is 4.79 Å². The Bertz CT molecular complexity index is 942. The van der Waals surface area contributed by atoms with Crippen LogP contribution in [0.1, 0.15) is 34.3 Å². The van der Waals surface area contributed by atoms with E-state index in [4.69, 9.17) is 9.47 Å². The van der Waals surface area contributed by atoms with Gasteiger partial charge in [0.15, 0.2) is 6.21 Å². The second-order valence-electron chi connectivity index (χ2n) is 6.82. The highest BCUT2D eigenvalue weighted by molar-refractivity contribution is 9.10. The number of esters is 1. The summed E-state index contributed by atoms with van der Waals surface area (Å²) in [4.78, 5) is 24.5. The molecule has 2 aromatic rings. The molecule has 1 aliphatic heterocycles. The fourth-order valence-corrected chi connectivity index (χ4v) is 3.85. The van der Waals surface area contributed by atoms with Crippen LogP contribution in [0.3, 0.4) is 0 Å². The van der Waals surface area contributed by atoms with Crippen molar-refractivity contribution < 1.29 is 23.6 Å². The molecule has 0 aliphatic carbocycles. The molecule has 0 aromatic heterocycles. The zero-order chi connectivity index (χ0) is 20.8. The quantitative estimate of drug-likeness (QED) is 0.532. The molecular formula is C22H24BrN2O4+. The molecule has 0 bridgehead atoms. The maximum absolute atomic E-state index is 12.8. The molecule has 1 saturated heterocycles. The first-order valence-corrected chi connectivity index (χ1v) is 10.2. The number of methoxy groups -OCH3 is 2. The minimum absolute atomic E-state index is 0.00948. The van der Waals surface area contributed by atoms with Gasteiger partial charge in [0.25, 0.3) is 5.91 Å². The van der Waals surface area contributed by atoms with Gasteiger partial charge < -0.3 is 14.8 Å². The van der Waals surface area contributed by atoms with Gasteiger partial charge in [0.05, 0.1) is 14.2 Å². The van der Waals surface area contributed by atoms with Crippen LogP contribution in [-0.2, 0) is 16.1 Å². The number of nitrogens with one attached hydrogen (secondary N) is 1. The molecule has 1 atom stereocenters. The lowest BCUT2D eigenvalue weighted by Crippen LogP contribution is -2.39. The number of ether oxygens (including phenoxy) is 2. The van der Waals surface area contributed by atoms with Crippen molar-refractivity contribution in [2.75, 3.05) is 20.8 Å². The average molecular weight is 460 g/mol. The molecule has 0 radical (unpaired) electrons. The van der Waals surface area contributed by atoms with Crippen LogP contribution in [0.15, 0.2) is 46.9 Å². The van der Waals surface area contributed by atoms with Gasteiger partial charge in [-0.05, 0) is 35.9 Å². The molecule has 0 unspecified atom stereocenters. The first-order valence-electron chi connectivity index (χ1n) is 9.41. The number of amides is 1. The summed E-state index contributed by atoms with van der Waals surface area (Å²) in [5.74, 6) is -0.0408. The third-order valence-corrected chi connectivity index (χ3v) is 5.39. The van der Waals surface area contributed by atoms with Crippen LogP contribution >= 0.6 is 15.9 Å². The minimum atomic E-state index is -0.456. The smallest absolute Gasteiger partial charge is 0.341 e. The maximum Gasteiger partial charge on any atom is 0.341 e. The number of hydrogen-bond donors (Lipinski definition) is 1. The second kappa shape index (κ2) is 9.69. The van der Waals surface area contributed by atoms with E-state index in [9.17, 15) is 9.59 Å². The number of rotatable bonds is 6. The molecule has 1 N–H and O–H groups in total. The Hall–Kier alpha value is -2.67. The van der Waals surface area contributed by atoms with Gasteiger partial charge in [-0.15, -0.1) is 0 Å². The van der Waals surface area contributed by atoms with Gasteiger partial charge in [0, 0.05) is 29.4 Å². The van der Waals surface area contributed by atoms with Crippen LogP contribution in [-0.4, -0.2) is 49.5 Å². The molecule has 0 saturated carbocycles. The minimum Gasteiger partial charge on any atom is -0.496 e. The van der Waals surface area contributed by atoms with E-state index < -0.39 is 5.97 Å². The number of carbonyl (C=O) groups excluding carboxylic acids is 2. The third kappa shape index (κ3) is 5.23. The molecule has 29 heavy (non-hydrogen) atoms. The number of carbonyl (C=O) groups is 2. The lowest BCUT2D eigenvalue weighted by atomic mass is 10.1. The zero-order valence-corrected chi connectivity index (χ0v) is 18.1. The van der Waals surface area contributed by atoms with Crippen molar-refractivity contribution in [2.24, 2.45) is 0 Å². The number of nitrogens with zero attached hydrogens (tertiary/aromatic N) is 1. The van der Waals surface area contributed by atoms with Crippen LogP contribution in [0.25, 0.3) is 0 Å². The summed E-state index contributed by atoms with van der Waals surface area (Å²) in [7, 11) is 2.83. The summed E-state index contributed by atoms with van der Waals surface area (Å²) in [5.41, 5.74) is 2.27. The van der Waals surface area contributed by atoms with Crippen LogP contribution in [0.2, 0.25) is 0 Å². The first kappa shape index (κ1) is 21.0. The first-order chi connectivity index (χ1) is 14.0. The predicted molar refractivity (Wildman–Crippen MR) is 114 cm³/mol. The molecule has 1 heterocycles. The van der Waals surface area contributed by atoms with E-state index in [1.807, 2.05) is 30.5 Å².